The molecule has 3 N–H and O–H groups in total. The number of alkyl halides is 3. The minimum absolute atomic E-state index is 0.0628. The minimum atomic E-state index is -4.76. The summed E-state index contributed by atoms with van der Waals surface area (Å²) in [6, 6.07) is 8.25. The fourth-order valence-corrected chi connectivity index (χ4v) is 7.98. The highest BCUT2D eigenvalue weighted by Gasteiger charge is 2.37. The average Bonchev–Trinajstić information content (AvgIpc) is 3.03. The van der Waals surface area contributed by atoms with Gasteiger partial charge in [0.15, 0.2) is 0 Å². The molecule has 2 aromatic heterocycles. The summed E-state index contributed by atoms with van der Waals surface area (Å²) in [5.74, 6) is -0.0299. The second-order valence-corrected chi connectivity index (χ2v) is 15.8. The van der Waals surface area contributed by atoms with Gasteiger partial charge in [0.1, 0.15) is 29.8 Å². The SMILES string of the molecule is CCc1cc(Nc2ncc(C(F)(F)F)c(Nc3ccc4nccnc4c3P(C)(C)=O)n2)c(OC)cc1N1CCC(N2CC(NC)C2)CC1. The van der Waals surface area contributed by atoms with Crippen LogP contribution in [0.3, 0.4) is 0 Å². The van der Waals surface area contributed by atoms with Gasteiger partial charge in [-0.15, -0.1) is 0 Å². The first-order valence-corrected chi connectivity index (χ1v) is 18.6. The Hall–Kier alpha value is -4.00. The second kappa shape index (κ2) is 13.5. The van der Waals surface area contributed by atoms with E-state index in [-0.39, 0.29) is 16.9 Å². The van der Waals surface area contributed by atoms with Crippen molar-refractivity contribution >= 4 is 52.3 Å². The molecule has 11 nitrogen and oxygen atoms in total. The number of methoxy groups -OCH3 is 1. The number of anilines is 5. The van der Waals surface area contributed by atoms with E-state index in [1.807, 2.05) is 19.2 Å². The molecular weight excluding hydrogens is 642 g/mol. The van der Waals surface area contributed by atoms with E-state index in [4.69, 9.17) is 4.74 Å². The van der Waals surface area contributed by atoms with Crippen LogP contribution in [0.4, 0.5) is 42.0 Å². The lowest BCUT2D eigenvalue weighted by atomic mass is 9.96. The van der Waals surface area contributed by atoms with Gasteiger partial charge in [0.05, 0.1) is 29.3 Å². The predicted octanol–water partition coefficient (Wildman–Crippen LogP) is 5.62. The predicted molar refractivity (Wildman–Crippen MR) is 184 cm³/mol. The van der Waals surface area contributed by atoms with Crippen molar-refractivity contribution < 1.29 is 22.5 Å². The summed E-state index contributed by atoms with van der Waals surface area (Å²) in [4.78, 5) is 21.8. The van der Waals surface area contributed by atoms with Crippen LogP contribution in [0.25, 0.3) is 11.0 Å². The van der Waals surface area contributed by atoms with Gasteiger partial charge >= 0.3 is 6.18 Å². The third-order valence-electron chi connectivity index (χ3n) is 9.17. The van der Waals surface area contributed by atoms with E-state index in [2.05, 4.69) is 52.6 Å². The molecule has 15 heteroatoms. The van der Waals surface area contributed by atoms with Crippen molar-refractivity contribution in [2.75, 3.05) is 69.2 Å². The highest BCUT2D eigenvalue weighted by molar-refractivity contribution is 7.71. The van der Waals surface area contributed by atoms with Crippen molar-refractivity contribution in [2.45, 2.75) is 44.4 Å². The largest absolute Gasteiger partial charge is 0.494 e. The van der Waals surface area contributed by atoms with Crippen LogP contribution in [0.15, 0.2) is 42.9 Å². The molecule has 2 saturated heterocycles. The smallest absolute Gasteiger partial charge is 0.421 e. The lowest BCUT2D eigenvalue weighted by Gasteiger charge is -2.47. The van der Waals surface area contributed by atoms with Gasteiger partial charge in [-0.3, -0.25) is 14.9 Å². The van der Waals surface area contributed by atoms with E-state index in [0.29, 0.717) is 34.6 Å². The van der Waals surface area contributed by atoms with Gasteiger partial charge in [-0.1, -0.05) is 6.92 Å². The maximum Gasteiger partial charge on any atom is 0.421 e. The topological polar surface area (TPSA) is 120 Å². The Labute approximate surface area is 278 Å². The molecule has 0 atom stereocenters. The van der Waals surface area contributed by atoms with E-state index in [1.54, 1.807) is 19.2 Å². The number of likely N-dealkylation sites (N-methyl/N-ethyl adjacent to an activating group) is 1. The number of aromatic nitrogens is 4. The Morgan fingerprint density at radius 2 is 1.75 bits per heavy atom. The molecule has 0 amide bonds. The van der Waals surface area contributed by atoms with Crippen LogP contribution in [0.1, 0.15) is 30.9 Å². The Kier molecular flexibility index (Phi) is 9.52. The van der Waals surface area contributed by atoms with Crippen LogP contribution < -0.4 is 30.9 Å². The zero-order chi connectivity index (χ0) is 34.2. The minimum Gasteiger partial charge on any atom is -0.494 e. The molecule has 48 heavy (non-hydrogen) atoms. The molecule has 4 aromatic rings. The van der Waals surface area contributed by atoms with E-state index in [9.17, 15) is 17.7 Å². The Balaban J connectivity index is 1.29. The molecule has 2 aliphatic heterocycles. The second-order valence-electron chi connectivity index (χ2n) is 12.6. The Morgan fingerprint density at radius 1 is 1.02 bits per heavy atom. The van der Waals surface area contributed by atoms with Crippen molar-refractivity contribution in [1.82, 2.24) is 30.2 Å². The first kappa shape index (κ1) is 33.9. The summed E-state index contributed by atoms with van der Waals surface area (Å²) in [6.07, 6.45) is 1.83. The normalized spacial score (nSPS) is 16.6. The van der Waals surface area contributed by atoms with Gasteiger partial charge in [0.2, 0.25) is 5.95 Å². The third kappa shape index (κ3) is 6.92. The number of fused-ring (bicyclic) bond motifs is 1. The molecule has 0 spiro atoms. The quantitative estimate of drug-likeness (QED) is 0.181. The fraction of sp³-hybridized carbons (Fsp3) is 0.455. The van der Waals surface area contributed by atoms with Gasteiger partial charge in [0, 0.05) is 68.6 Å². The highest BCUT2D eigenvalue weighted by Crippen LogP contribution is 2.43. The number of hydrogen-bond donors (Lipinski definition) is 3. The molecule has 0 bridgehead atoms. The first-order chi connectivity index (χ1) is 22.9. The van der Waals surface area contributed by atoms with E-state index < -0.39 is 24.7 Å². The van der Waals surface area contributed by atoms with Crippen molar-refractivity contribution in [1.29, 1.82) is 0 Å². The van der Waals surface area contributed by atoms with Crippen molar-refractivity contribution in [3.05, 3.63) is 54.0 Å². The molecule has 0 aliphatic carbocycles. The number of halogens is 3. The number of ether oxygens (including phenoxy) is 1. The fourth-order valence-electron chi connectivity index (χ4n) is 6.58. The van der Waals surface area contributed by atoms with E-state index >= 15 is 0 Å². The van der Waals surface area contributed by atoms with Gasteiger partial charge in [0.25, 0.3) is 0 Å². The zero-order valence-corrected chi connectivity index (χ0v) is 28.6. The summed E-state index contributed by atoms with van der Waals surface area (Å²) in [7, 11) is 0.531. The van der Waals surface area contributed by atoms with Gasteiger partial charge in [-0.05, 0) is 63.4 Å². The molecule has 4 heterocycles. The third-order valence-corrected chi connectivity index (χ3v) is 10.7. The number of nitrogens with zero attached hydrogens (tertiary/aromatic N) is 6. The maximum absolute atomic E-state index is 14.2. The van der Waals surface area contributed by atoms with Gasteiger partial charge < -0.3 is 30.2 Å². The van der Waals surface area contributed by atoms with Gasteiger partial charge in [-0.2, -0.15) is 18.2 Å². The van der Waals surface area contributed by atoms with Crippen LogP contribution in [0.2, 0.25) is 0 Å². The van der Waals surface area contributed by atoms with Crippen molar-refractivity contribution in [3.8, 4) is 5.75 Å². The molecule has 0 radical (unpaired) electrons. The van der Waals surface area contributed by atoms with E-state index in [1.165, 1.54) is 25.7 Å². The highest BCUT2D eigenvalue weighted by atomic mass is 31.2. The molecule has 2 fully saturated rings. The van der Waals surface area contributed by atoms with Crippen LogP contribution in [0, 0.1) is 0 Å². The van der Waals surface area contributed by atoms with E-state index in [0.717, 1.165) is 62.9 Å². The molecule has 2 aliphatic rings. The molecule has 6 rings (SSSR count). The van der Waals surface area contributed by atoms with Crippen molar-refractivity contribution in [3.63, 3.8) is 0 Å². The Bertz CT molecular complexity index is 1840. The number of aryl methyl sites for hydroxylation is 1. The lowest BCUT2D eigenvalue weighted by molar-refractivity contribution is -0.137. The number of piperidine rings is 1. The summed E-state index contributed by atoms with van der Waals surface area (Å²) >= 11 is 0. The monoisotopic (exact) mass is 683 g/mol. The van der Waals surface area contributed by atoms with Crippen LogP contribution in [-0.2, 0) is 17.2 Å². The Morgan fingerprint density at radius 3 is 2.40 bits per heavy atom. The molecular formula is C33H41F3N9O2P. The molecule has 0 unspecified atom stereocenters. The summed E-state index contributed by atoms with van der Waals surface area (Å²) in [6.45, 7) is 9.18. The standard InChI is InChI=1S/C33H41F3N9O2P/c1-6-20-15-26(28(47-3)16-27(20)44-13-9-22(10-14-44)45-18-21(19-45)37-2)42-32-40-17-23(33(34,35)36)31(43-32)41-25-8-7-24-29(39-12-11-38-24)30(25)48(4,5)46/h7-8,11-12,15-17,21-22,37H,6,9-10,13-14,18-19H2,1-5H3,(H2,40,41,42,43). The van der Waals surface area contributed by atoms with Gasteiger partial charge in [-0.25, -0.2) is 4.98 Å². The molecule has 0 saturated carbocycles. The molecule has 2 aromatic carbocycles. The lowest BCUT2D eigenvalue weighted by Crippen LogP contribution is -2.61. The number of nitrogens with one attached hydrogen (secondary N) is 3. The number of rotatable bonds is 10. The molecule has 256 valence electrons. The summed E-state index contributed by atoms with van der Waals surface area (Å²) in [5.41, 5.74) is 2.65. The van der Waals surface area contributed by atoms with Crippen LogP contribution in [0.5, 0.6) is 5.75 Å². The zero-order valence-electron chi connectivity index (χ0n) is 27.7. The average molecular weight is 684 g/mol. The maximum atomic E-state index is 14.2. The number of benzene rings is 2. The first-order valence-electron chi connectivity index (χ1n) is 16.0. The summed E-state index contributed by atoms with van der Waals surface area (Å²) in [5, 5.41) is 9.53. The number of hydrogen-bond acceptors (Lipinski definition) is 11. The number of likely N-dealkylation sites (tertiary alicyclic amines) is 1. The van der Waals surface area contributed by atoms with Crippen molar-refractivity contribution in [2.24, 2.45) is 0 Å². The van der Waals surface area contributed by atoms with Crippen LogP contribution in [-0.4, -0.2) is 90.6 Å². The summed E-state index contributed by atoms with van der Waals surface area (Å²) < 4.78 is 61.8. The van der Waals surface area contributed by atoms with Crippen LogP contribution >= 0.6 is 7.14 Å².